The number of halogens is 2. The van der Waals surface area contributed by atoms with Crippen LogP contribution in [0.15, 0.2) is 0 Å². The van der Waals surface area contributed by atoms with Gasteiger partial charge in [-0.05, 0) is 0 Å². The fourth-order valence-corrected chi connectivity index (χ4v) is 0.769. The summed E-state index contributed by atoms with van der Waals surface area (Å²) in [6.07, 6.45) is -2.04. The van der Waals surface area contributed by atoms with Crippen LogP contribution >= 0.6 is 0 Å². The van der Waals surface area contributed by atoms with Crippen molar-refractivity contribution in [2.24, 2.45) is 0 Å². The van der Waals surface area contributed by atoms with E-state index in [0.29, 0.717) is 19.5 Å². The molecule has 0 radical (unpaired) electrons. The van der Waals surface area contributed by atoms with E-state index < -0.39 is 13.0 Å². The summed E-state index contributed by atoms with van der Waals surface area (Å²) in [5.41, 5.74) is 0. The fraction of sp³-hybridized carbons (Fsp3) is 0.875. The maximum absolute atomic E-state index is 11.6. The molecule has 0 aliphatic carbocycles. The highest BCUT2D eigenvalue weighted by atomic mass is 19.3. The number of nitrogens with one attached hydrogen (secondary N) is 2. The van der Waals surface area contributed by atoms with Gasteiger partial charge in [0.05, 0.1) is 6.61 Å². The van der Waals surface area contributed by atoms with E-state index in [4.69, 9.17) is 0 Å². The minimum atomic E-state index is -2.42. The number of ether oxygens (including phenoxy) is 1. The van der Waals surface area contributed by atoms with E-state index in [1.54, 1.807) is 7.05 Å². The number of hydrogen-bond acceptors (Lipinski definition) is 3. The molecule has 0 aliphatic heterocycles. The first-order chi connectivity index (χ1) is 6.66. The Balaban J connectivity index is 3.03. The molecular formula is C8H16F2N2O2. The van der Waals surface area contributed by atoms with Crippen molar-refractivity contribution >= 4 is 5.91 Å². The van der Waals surface area contributed by atoms with Crippen molar-refractivity contribution in [2.45, 2.75) is 12.8 Å². The zero-order valence-electron chi connectivity index (χ0n) is 8.19. The van der Waals surface area contributed by atoms with Gasteiger partial charge in [0, 0.05) is 26.6 Å². The largest absolute Gasteiger partial charge is 0.374 e. The molecule has 0 bridgehead atoms. The Morgan fingerprint density at radius 3 is 2.71 bits per heavy atom. The first kappa shape index (κ1) is 13.2. The van der Waals surface area contributed by atoms with E-state index in [0.717, 1.165) is 0 Å². The Kier molecular flexibility index (Phi) is 8.36. The number of rotatable bonds is 8. The van der Waals surface area contributed by atoms with Gasteiger partial charge < -0.3 is 15.4 Å². The normalized spacial score (nSPS) is 10.6. The number of hydrogen-bond donors (Lipinski definition) is 2. The Morgan fingerprint density at radius 1 is 1.43 bits per heavy atom. The van der Waals surface area contributed by atoms with Gasteiger partial charge in [0.2, 0.25) is 5.91 Å². The van der Waals surface area contributed by atoms with Gasteiger partial charge in [-0.1, -0.05) is 0 Å². The van der Waals surface area contributed by atoms with Crippen molar-refractivity contribution in [3.63, 3.8) is 0 Å². The summed E-state index contributed by atoms with van der Waals surface area (Å²) in [5.74, 6) is -0.0500. The minimum absolute atomic E-state index is 0.0500. The Hall–Kier alpha value is -0.750. The summed E-state index contributed by atoms with van der Waals surface area (Å²) in [5, 5.41) is 5.37. The molecule has 1 amide bonds. The second kappa shape index (κ2) is 8.83. The number of alkyl halides is 2. The van der Waals surface area contributed by atoms with Gasteiger partial charge in [-0.15, -0.1) is 0 Å². The van der Waals surface area contributed by atoms with Gasteiger partial charge in [0.15, 0.2) is 0 Å². The van der Waals surface area contributed by atoms with Crippen molar-refractivity contribution in [1.29, 1.82) is 0 Å². The molecule has 0 aromatic rings. The first-order valence-electron chi connectivity index (χ1n) is 4.44. The van der Waals surface area contributed by atoms with E-state index in [1.165, 1.54) is 0 Å². The summed E-state index contributed by atoms with van der Waals surface area (Å²) in [6, 6.07) is 0. The molecule has 0 rings (SSSR count). The first-order valence-corrected chi connectivity index (χ1v) is 4.44. The van der Waals surface area contributed by atoms with Gasteiger partial charge >= 0.3 is 0 Å². The molecule has 0 unspecified atom stereocenters. The van der Waals surface area contributed by atoms with Crippen LogP contribution in [0.5, 0.6) is 0 Å². The highest BCUT2D eigenvalue weighted by molar-refractivity contribution is 5.75. The molecule has 0 spiro atoms. The molecular weight excluding hydrogens is 194 g/mol. The minimum Gasteiger partial charge on any atom is -0.374 e. The van der Waals surface area contributed by atoms with Gasteiger partial charge in [0.25, 0.3) is 6.43 Å². The third-order valence-electron chi connectivity index (χ3n) is 1.47. The van der Waals surface area contributed by atoms with Crippen LogP contribution < -0.4 is 10.6 Å². The van der Waals surface area contributed by atoms with Crippen LogP contribution in [0.2, 0.25) is 0 Å². The zero-order chi connectivity index (χ0) is 10.8. The van der Waals surface area contributed by atoms with Crippen LogP contribution in [0.25, 0.3) is 0 Å². The molecule has 84 valence electrons. The smallest absolute Gasteiger partial charge is 0.261 e. The second-order valence-corrected chi connectivity index (χ2v) is 2.64. The Bertz CT molecular complexity index is 156. The van der Waals surface area contributed by atoms with Crippen LogP contribution in [0.1, 0.15) is 6.42 Å². The molecule has 0 aromatic carbocycles. The summed E-state index contributed by atoms with van der Waals surface area (Å²) in [7, 11) is 1.56. The third-order valence-corrected chi connectivity index (χ3v) is 1.47. The van der Waals surface area contributed by atoms with E-state index in [9.17, 15) is 13.6 Å². The van der Waals surface area contributed by atoms with Crippen molar-refractivity contribution in [1.82, 2.24) is 10.6 Å². The molecule has 6 heteroatoms. The predicted octanol–water partition coefficient (Wildman–Crippen LogP) is -0.00620. The Labute approximate surface area is 82.0 Å². The predicted molar refractivity (Wildman–Crippen MR) is 48.4 cm³/mol. The van der Waals surface area contributed by atoms with Crippen LogP contribution in [0.3, 0.4) is 0 Å². The van der Waals surface area contributed by atoms with Gasteiger partial charge in [-0.3, -0.25) is 4.79 Å². The second-order valence-electron chi connectivity index (χ2n) is 2.64. The SMILES string of the molecule is CNC(=O)CCNCCOCC(F)F. The lowest BCUT2D eigenvalue weighted by molar-refractivity contribution is -0.120. The van der Waals surface area contributed by atoms with Crippen LogP contribution in [0.4, 0.5) is 8.78 Å². The molecule has 0 aliphatic rings. The molecule has 2 N–H and O–H groups in total. The molecule has 0 saturated heterocycles. The summed E-state index contributed by atoms with van der Waals surface area (Å²) in [4.78, 5) is 10.7. The molecule has 0 aromatic heterocycles. The Morgan fingerprint density at radius 2 is 2.14 bits per heavy atom. The average Bonchev–Trinajstić information content (AvgIpc) is 2.15. The lowest BCUT2D eigenvalue weighted by Gasteiger charge is -2.05. The lowest BCUT2D eigenvalue weighted by Crippen LogP contribution is -2.27. The standard InChI is InChI=1S/C8H16F2N2O2/c1-11-8(13)2-3-12-4-5-14-6-7(9)10/h7,12H,2-6H2,1H3,(H,11,13). The highest BCUT2D eigenvalue weighted by Gasteiger charge is 2.01. The average molecular weight is 210 g/mol. The fourth-order valence-electron chi connectivity index (χ4n) is 0.769. The topological polar surface area (TPSA) is 50.4 Å². The molecule has 14 heavy (non-hydrogen) atoms. The number of amides is 1. The monoisotopic (exact) mass is 210 g/mol. The van der Waals surface area contributed by atoms with E-state index in [-0.39, 0.29) is 12.5 Å². The van der Waals surface area contributed by atoms with Gasteiger partial charge in [-0.25, -0.2) is 8.78 Å². The van der Waals surface area contributed by atoms with Gasteiger partial charge in [0.1, 0.15) is 6.61 Å². The maximum Gasteiger partial charge on any atom is 0.261 e. The lowest BCUT2D eigenvalue weighted by atomic mass is 10.4. The van der Waals surface area contributed by atoms with Crippen molar-refractivity contribution < 1.29 is 18.3 Å². The number of carbonyl (C=O) groups excluding carboxylic acids is 1. The molecule has 0 fully saturated rings. The summed E-state index contributed by atoms with van der Waals surface area (Å²) < 4.78 is 27.7. The quantitative estimate of drug-likeness (QED) is 0.554. The van der Waals surface area contributed by atoms with E-state index in [1.807, 2.05) is 0 Å². The zero-order valence-corrected chi connectivity index (χ0v) is 8.19. The summed E-state index contributed by atoms with van der Waals surface area (Å²) in [6.45, 7) is 0.705. The van der Waals surface area contributed by atoms with E-state index >= 15 is 0 Å². The third kappa shape index (κ3) is 9.34. The van der Waals surface area contributed by atoms with Gasteiger partial charge in [-0.2, -0.15) is 0 Å². The number of carbonyl (C=O) groups is 1. The van der Waals surface area contributed by atoms with Crippen molar-refractivity contribution in [2.75, 3.05) is 33.4 Å². The van der Waals surface area contributed by atoms with Crippen LogP contribution in [-0.2, 0) is 9.53 Å². The molecule has 0 atom stereocenters. The molecule has 0 saturated carbocycles. The van der Waals surface area contributed by atoms with Crippen molar-refractivity contribution in [3.05, 3.63) is 0 Å². The summed E-state index contributed by atoms with van der Waals surface area (Å²) >= 11 is 0. The highest BCUT2D eigenvalue weighted by Crippen LogP contribution is 1.91. The molecule has 0 heterocycles. The maximum atomic E-state index is 11.6. The van der Waals surface area contributed by atoms with E-state index in [2.05, 4.69) is 15.4 Å². The van der Waals surface area contributed by atoms with Crippen LogP contribution in [-0.4, -0.2) is 45.7 Å². The van der Waals surface area contributed by atoms with Crippen molar-refractivity contribution in [3.8, 4) is 0 Å². The molecule has 4 nitrogen and oxygen atoms in total. The van der Waals surface area contributed by atoms with Crippen LogP contribution in [0, 0.1) is 0 Å².